The second kappa shape index (κ2) is 32.1. The Balaban J connectivity index is 0.000000126. The number of hydrogen-bond acceptors (Lipinski definition) is 14. The maximum absolute atomic E-state index is 12.6. The number of likely N-dealkylation sites (tertiary alicyclic amines) is 6. The van der Waals surface area contributed by atoms with Crippen LogP contribution in [0.5, 0.6) is 0 Å². The van der Waals surface area contributed by atoms with Gasteiger partial charge >= 0.3 is 34.9 Å². The smallest absolute Gasteiger partial charge is 0.410 e. The van der Waals surface area contributed by atoms with Gasteiger partial charge in [0, 0.05) is 138 Å². The van der Waals surface area contributed by atoms with Crippen molar-refractivity contribution < 1.29 is 19.1 Å². The Labute approximate surface area is 621 Å². The zero-order valence-electron chi connectivity index (χ0n) is 64.2. The first kappa shape index (κ1) is 75.6. The number of rotatable bonds is 10. The quantitative estimate of drug-likeness (QED) is 0.0698. The number of nitrogens with zero attached hydrogens (tertiary/aromatic N) is 10. The van der Waals surface area contributed by atoms with Crippen LogP contribution in [0.3, 0.4) is 0 Å². The first-order chi connectivity index (χ1) is 51.0. The molecule has 0 bridgehead atoms. The van der Waals surface area contributed by atoms with Crippen molar-refractivity contribution >= 4 is 56.3 Å². The highest BCUT2D eigenvalue weighted by Crippen LogP contribution is 2.38. The van der Waals surface area contributed by atoms with Crippen LogP contribution in [0, 0.1) is 51.4 Å². The lowest BCUT2D eigenvalue weighted by atomic mass is 9.93. The van der Waals surface area contributed by atoms with Crippen LogP contribution in [0.2, 0.25) is 0 Å². The van der Waals surface area contributed by atoms with Crippen molar-refractivity contribution in [3.8, 4) is 23.7 Å². The van der Waals surface area contributed by atoms with Crippen molar-refractivity contribution in [2.45, 2.75) is 193 Å². The van der Waals surface area contributed by atoms with Gasteiger partial charge in [0.1, 0.15) is 0 Å². The number of H-pyrrole nitrogens is 4. The summed E-state index contributed by atoms with van der Waals surface area (Å²) in [7, 11) is 0. The van der Waals surface area contributed by atoms with Crippen molar-refractivity contribution in [3.05, 3.63) is 137 Å². The molecule has 4 unspecified atom stereocenters. The molecule has 0 radical (unpaired) electrons. The van der Waals surface area contributed by atoms with Gasteiger partial charge in [0.2, 0.25) is 0 Å². The van der Waals surface area contributed by atoms with E-state index in [0.29, 0.717) is 49.3 Å². The number of piperidine rings is 4. The predicted molar refractivity (Wildman–Crippen MR) is 419 cm³/mol. The standard InChI is InChI=1S/2C23H30N4O3.2C18H26N4O/c1-4-5-14-30-22(29)25-13-10-23(3,16-25)26-11-8-18(9-12-26)27-20-7-6-17(2)15-19(20)24-21(27)28;1-4-5-14-30-22(29)25-13-10-23(3,16-25)26-11-8-18(9-12-26)27-20-15-17(2)6-7-19(20)24-21(27)28;1-13-3-4-16-15(11-13)20-17(23)22(16)14-5-9-21(10-6-14)18(2)7-8-19-12-18;1-13-3-4-15-16(11-13)22(17(23)20-15)14-5-9-21(10-6-14)18(2)7-8-19-12-18/h2*6-7,15,18H,8-14,16H2,1-3H3,(H,24,28);2*3-4,11,14,19H,5-10,12H2,1-2H3,(H,20,23). The van der Waals surface area contributed by atoms with E-state index in [1.54, 1.807) is 23.6 Å². The highest BCUT2D eigenvalue weighted by molar-refractivity contribution is 5.79. The van der Waals surface area contributed by atoms with E-state index >= 15 is 0 Å². The van der Waals surface area contributed by atoms with Crippen LogP contribution >= 0.6 is 0 Å². The van der Waals surface area contributed by atoms with E-state index in [0.717, 1.165) is 198 Å². The number of fused-ring (bicyclic) bond motifs is 4. The summed E-state index contributed by atoms with van der Waals surface area (Å²) in [4.78, 5) is 100. The van der Waals surface area contributed by atoms with Gasteiger partial charge in [-0.25, -0.2) is 28.8 Å². The fourth-order valence-corrected chi connectivity index (χ4v) is 18.4. The third kappa shape index (κ3) is 16.1. The molecule has 106 heavy (non-hydrogen) atoms. The Morgan fingerprint density at radius 2 is 0.698 bits per heavy atom. The minimum atomic E-state index is -0.281. The highest BCUT2D eigenvalue weighted by atomic mass is 16.6. The number of nitrogens with one attached hydrogen (secondary N) is 6. The molecule has 8 saturated heterocycles. The highest BCUT2D eigenvalue weighted by Gasteiger charge is 2.45. The van der Waals surface area contributed by atoms with Gasteiger partial charge in [-0.05, 0) is 230 Å². The van der Waals surface area contributed by atoms with Gasteiger partial charge in [-0.2, -0.15) is 0 Å². The molecule has 8 fully saturated rings. The SMILES string of the molecule is CC#CCOC(=O)N1CCC(C)(N2CCC(n3c(=O)[nH]c4cc(C)ccc43)CC2)C1.CC#CCOC(=O)N1CCC(C)(N2CCC(n3c(=O)[nH]c4ccc(C)cc43)CC2)C1.Cc1ccc2[nH]c(=O)n(C3CCN(C4(C)CCNC4)CC3)c2c1.Cc1ccc2c(c1)[nH]c(=O)n2C1CCN(C2(C)CCNC2)CC1. The summed E-state index contributed by atoms with van der Waals surface area (Å²) in [5.74, 6) is 11.0. The fraction of sp³-hybridized carbons (Fsp3) is 0.585. The Hall–Kier alpha value is -8.62. The fourth-order valence-electron chi connectivity index (χ4n) is 18.4. The van der Waals surface area contributed by atoms with Gasteiger partial charge in [0.25, 0.3) is 0 Å². The molecule has 8 aromatic rings. The molecule has 16 rings (SSSR count). The molecule has 4 aromatic carbocycles. The number of hydrogen-bond donors (Lipinski definition) is 6. The van der Waals surface area contributed by atoms with Crippen LogP contribution in [-0.2, 0) is 9.47 Å². The summed E-state index contributed by atoms with van der Waals surface area (Å²) in [5, 5.41) is 6.97. The number of carbonyl (C=O) groups is 2. The predicted octanol–water partition coefficient (Wildman–Crippen LogP) is 9.85. The first-order valence-electron chi connectivity index (χ1n) is 38.8. The zero-order chi connectivity index (χ0) is 74.7. The van der Waals surface area contributed by atoms with E-state index in [4.69, 9.17) is 9.47 Å². The van der Waals surface area contributed by atoms with Gasteiger partial charge in [0.05, 0.1) is 44.1 Å². The van der Waals surface area contributed by atoms with Crippen LogP contribution in [0.1, 0.15) is 165 Å². The zero-order valence-corrected chi connectivity index (χ0v) is 64.2. The van der Waals surface area contributed by atoms with Gasteiger partial charge in [-0.15, -0.1) is 11.8 Å². The van der Waals surface area contributed by atoms with E-state index < -0.39 is 0 Å². The summed E-state index contributed by atoms with van der Waals surface area (Å²) in [6.45, 7) is 36.3. The topological polar surface area (TPSA) is 247 Å². The molecule has 24 nitrogen and oxygen atoms in total. The van der Waals surface area contributed by atoms with E-state index in [-0.39, 0.29) is 71.3 Å². The Bertz CT molecular complexity index is 4820. The molecule has 568 valence electrons. The molecule has 0 spiro atoms. The largest absolute Gasteiger partial charge is 0.436 e. The molecule has 2 amide bonds. The summed E-state index contributed by atoms with van der Waals surface area (Å²) in [5.41, 5.74) is 13.0. The van der Waals surface area contributed by atoms with E-state index in [9.17, 15) is 28.8 Å². The van der Waals surface area contributed by atoms with Gasteiger partial charge in [0.15, 0.2) is 13.2 Å². The number of imidazole rings is 4. The van der Waals surface area contributed by atoms with Crippen LogP contribution in [-0.4, -0.2) is 220 Å². The van der Waals surface area contributed by atoms with Crippen molar-refractivity contribution in [3.63, 3.8) is 0 Å². The minimum Gasteiger partial charge on any atom is -0.436 e. The number of aromatic amines is 4. The Morgan fingerprint density at radius 3 is 1.02 bits per heavy atom. The Kier molecular flexibility index (Phi) is 22.9. The summed E-state index contributed by atoms with van der Waals surface area (Å²) < 4.78 is 18.3. The number of aromatic nitrogens is 8. The molecule has 12 heterocycles. The third-order valence-electron chi connectivity index (χ3n) is 24.9. The number of amides is 2. The monoisotopic (exact) mass is 1450 g/mol. The van der Waals surface area contributed by atoms with Crippen LogP contribution in [0.4, 0.5) is 9.59 Å². The molecule has 8 aliphatic rings. The average molecular weight is 1450 g/mol. The van der Waals surface area contributed by atoms with E-state index in [2.05, 4.69) is 165 Å². The summed E-state index contributed by atoms with van der Waals surface area (Å²) in [6, 6.07) is 25.7. The average Bonchev–Trinajstić information content (AvgIpc) is 1.62. The molecular formula is C82H112N16O8. The molecule has 6 N–H and O–H groups in total. The van der Waals surface area contributed by atoms with Gasteiger partial charge in [-0.1, -0.05) is 36.1 Å². The van der Waals surface area contributed by atoms with Crippen LogP contribution < -0.4 is 33.4 Å². The molecular weight excluding hydrogens is 1340 g/mol. The first-order valence-corrected chi connectivity index (χ1v) is 38.8. The number of ether oxygens (including phenoxy) is 2. The lowest BCUT2D eigenvalue weighted by Gasteiger charge is -2.43. The molecule has 4 aromatic heterocycles. The van der Waals surface area contributed by atoms with Crippen molar-refractivity contribution in [1.82, 2.24) is 78.2 Å². The Morgan fingerprint density at radius 1 is 0.396 bits per heavy atom. The van der Waals surface area contributed by atoms with E-state index in [1.807, 2.05) is 55.5 Å². The molecule has 0 saturated carbocycles. The second-order valence-corrected chi connectivity index (χ2v) is 32.3. The van der Waals surface area contributed by atoms with Crippen molar-refractivity contribution in [1.29, 1.82) is 0 Å². The van der Waals surface area contributed by atoms with Crippen LogP contribution in [0.15, 0.2) is 92.0 Å². The van der Waals surface area contributed by atoms with Gasteiger partial charge < -0.3 is 49.8 Å². The minimum absolute atomic E-state index is 0.0229. The summed E-state index contributed by atoms with van der Waals surface area (Å²) >= 11 is 0. The molecule has 24 heteroatoms. The molecule has 8 aliphatic heterocycles. The number of aryl methyl sites for hydroxylation is 4. The maximum atomic E-state index is 12.6. The number of carbonyl (C=O) groups excluding carboxylic acids is 2. The third-order valence-corrected chi connectivity index (χ3v) is 24.9. The molecule has 0 aliphatic carbocycles. The van der Waals surface area contributed by atoms with Crippen LogP contribution in [0.25, 0.3) is 44.1 Å². The normalized spacial score (nSPS) is 24.7. The van der Waals surface area contributed by atoms with Crippen molar-refractivity contribution in [2.24, 2.45) is 0 Å². The summed E-state index contributed by atoms with van der Waals surface area (Å²) in [6.07, 6.45) is 11.7. The molecule has 4 atom stereocenters. The van der Waals surface area contributed by atoms with Gasteiger partial charge in [-0.3, -0.25) is 37.9 Å². The maximum Gasteiger partial charge on any atom is 0.410 e. The second-order valence-electron chi connectivity index (χ2n) is 32.3. The number of benzene rings is 4. The van der Waals surface area contributed by atoms with E-state index in [1.165, 1.54) is 24.0 Å². The lowest BCUT2D eigenvalue weighted by molar-refractivity contribution is 0.0650. The lowest BCUT2D eigenvalue weighted by Crippen LogP contribution is -2.52. The van der Waals surface area contributed by atoms with Crippen molar-refractivity contribution in [2.75, 3.05) is 118 Å².